The first-order valence-electron chi connectivity index (χ1n) is 15.4. The van der Waals surface area contributed by atoms with Crippen molar-refractivity contribution in [3.05, 3.63) is 103 Å². The minimum atomic E-state index is -0.994. The summed E-state index contributed by atoms with van der Waals surface area (Å²) < 4.78 is 10.3. The lowest BCUT2D eigenvalue weighted by molar-refractivity contribution is 0.0654. The van der Waals surface area contributed by atoms with Gasteiger partial charge in [0.25, 0.3) is 5.91 Å². The smallest absolute Gasteiger partial charge is 0.335 e. The average Bonchev–Trinajstić information content (AvgIpc) is 3.44. The number of benzene rings is 3. The van der Waals surface area contributed by atoms with Crippen molar-refractivity contribution in [2.24, 2.45) is 7.05 Å². The second kappa shape index (κ2) is 11.5. The summed E-state index contributed by atoms with van der Waals surface area (Å²) in [7, 11) is 1.95. The predicted molar refractivity (Wildman–Crippen MR) is 180 cm³/mol. The van der Waals surface area contributed by atoms with E-state index in [1.165, 1.54) is 0 Å². The number of rotatable bonds is 8. The van der Waals surface area contributed by atoms with E-state index in [4.69, 9.17) is 33.0 Å². The Kier molecular flexibility index (Phi) is 7.60. The molecule has 0 spiro atoms. The molecule has 1 N–H and O–H groups in total. The van der Waals surface area contributed by atoms with Crippen molar-refractivity contribution < 1.29 is 19.4 Å². The van der Waals surface area contributed by atoms with Crippen LogP contribution in [0.15, 0.2) is 48.5 Å². The number of hydrogen-bond acceptors (Lipinski definition) is 4. The molecule has 2 aliphatic heterocycles. The normalized spacial score (nSPS) is 15.3. The number of halogens is 2. The third-order valence-electron chi connectivity index (χ3n) is 9.39. The highest BCUT2D eigenvalue weighted by Crippen LogP contribution is 2.48. The van der Waals surface area contributed by atoms with E-state index < -0.39 is 5.97 Å². The molecule has 1 amide bonds. The molecule has 7 rings (SSSR count). The molecule has 0 unspecified atom stereocenters. The van der Waals surface area contributed by atoms with Crippen LogP contribution < -0.4 is 4.74 Å². The number of carbonyl (C=O) groups excluding carboxylic acids is 1. The Morgan fingerprint density at radius 3 is 2.57 bits per heavy atom. The first kappa shape index (κ1) is 30.4. The van der Waals surface area contributed by atoms with Crippen molar-refractivity contribution in [3.8, 4) is 16.9 Å². The Hall–Kier alpha value is -4.27. The van der Waals surface area contributed by atoms with Gasteiger partial charge in [0.15, 0.2) is 0 Å². The lowest BCUT2D eigenvalue weighted by Gasteiger charge is -2.35. The van der Waals surface area contributed by atoms with Gasteiger partial charge in [0.05, 0.1) is 34.4 Å². The summed E-state index contributed by atoms with van der Waals surface area (Å²) in [5.41, 5.74) is 9.46. The number of ether oxygens (including phenoxy) is 1. The van der Waals surface area contributed by atoms with E-state index in [9.17, 15) is 14.7 Å². The number of carboxylic acids is 1. The molecule has 46 heavy (non-hydrogen) atoms. The molecule has 8 nitrogen and oxygen atoms in total. The third-order valence-corrected chi connectivity index (χ3v) is 10.3. The fraction of sp³-hybridized carbons (Fsp3) is 0.306. The minimum Gasteiger partial charge on any atom is -0.494 e. The average molecular weight is 658 g/mol. The topological polar surface area (TPSA) is 89.6 Å². The molecule has 0 saturated heterocycles. The number of aromatic nitrogens is 3. The van der Waals surface area contributed by atoms with Crippen LogP contribution in [-0.2, 0) is 26.4 Å². The zero-order valence-electron chi connectivity index (χ0n) is 26.2. The second-order valence-electron chi connectivity index (χ2n) is 12.4. The van der Waals surface area contributed by atoms with Crippen molar-refractivity contribution in [2.75, 3.05) is 13.2 Å². The molecule has 2 aromatic heterocycles. The molecular formula is C36H34Cl2N4O4. The Balaban J connectivity index is 1.31. The maximum Gasteiger partial charge on any atom is 0.335 e. The van der Waals surface area contributed by atoms with Crippen LogP contribution in [0.1, 0.15) is 67.0 Å². The quantitative estimate of drug-likeness (QED) is 0.173. The summed E-state index contributed by atoms with van der Waals surface area (Å²) in [4.78, 5) is 28.0. The first-order chi connectivity index (χ1) is 22.0. The van der Waals surface area contributed by atoms with Gasteiger partial charge in [0, 0.05) is 53.8 Å². The zero-order valence-corrected chi connectivity index (χ0v) is 27.7. The molecule has 236 valence electrons. The maximum atomic E-state index is 14.5. The number of amides is 1. The van der Waals surface area contributed by atoms with Crippen LogP contribution in [0.3, 0.4) is 0 Å². The van der Waals surface area contributed by atoms with Crippen LogP contribution in [0, 0.1) is 20.8 Å². The van der Waals surface area contributed by atoms with Crippen molar-refractivity contribution in [2.45, 2.75) is 52.6 Å². The van der Waals surface area contributed by atoms with Gasteiger partial charge in [0.2, 0.25) is 0 Å². The Morgan fingerprint density at radius 1 is 1.07 bits per heavy atom. The van der Waals surface area contributed by atoms with Crippen LogP contribution in [0.4, 0.5) is 0 Å². The van der Waals surface area contributed by atoms with E-state index in [1.807, 2.05) is 60.8 Å². The third kappa shape index (κ3) is 4.95. The SMILES string of the molecule is Cc1cc(OCCCc2c3n4c5c(c(Cl)ccc25)-c2c(nn(C)c2C)C[C@@H]4CN(Cc2cccc(C(=O)O)c2)C3=O)cc(C)c1Cl. The number of carboxylic acid groups (broad SMARTS) is 1. The molecule has 0 bridgehead atoms. The fourth-order valence-corrected chi connectivity index (χ4v) is 7.57. The van der Waals surface area contributed by atoms with Crippen LogP contribution in [0.5, 0.6) is 5.75 Å². The van der Waals surface area contributed by atoms with Gasteiger partial charge in [0.1, 0.15) is 11.4 Å². The van der Waals surface area contributed by atoms with E-state index >= 15 is 0 Å². The highest BCUT2D eigenvalue weighted by Gasteiger charge is 2.40. The molecule has 10 heteroatoms. The number of aryl methyl sites for hydroxylation is 4. The summed E-state index contributed by atoms with van der Waals surface area (Å²) in [6.45, 7) is 7.23. The molecule has 0 radical (unpaired) electrons. The van der Waals surface area contributed by atoms with E-state index in [2.05, 4.69) is 11.5 Å². The summed E-state index contributed by atoms with van der Waals surface area (Å²) in [5.74, 6) is -0.296. The van der Waals surface area contributed by atoms with Gasteiger partial charge >= 0.3 is 5.97 Å². The zero-order chi connectivity index (χ0) is 32.4. The lowest BCUT2D eigenvalue weighted by Crippen LogP contribution is -2.43. The van der Waals surface area contributed by atoms with Gasteiger partial charge in [-0.25, -0.2) is 4.79 Å². The van der Waals surface area contributed by atoms with Gasteiger partial charge in [-0.1, -0.05) is 41.4 Å². The summed E-state index contributed by atoms with van der Waals surface area (Å²) in [5, 5.41) is 16.8. The van der Waals surface area contributed by atoms with Gasteiger partial charge < -0.3 is 19.3 Å². The lowest BCUT2D eigenvalue weighted by atomic mass is 9.96. The first-order valence-corrected chi connectivity index (χ1v) is 16.2. The van der Waals surface area contributed by atoms with Crippen LogP contribution in [-0.4, -0.2) is 49.4 Å². The maximum absolute atomic E-state index is 14.5. The summed E-state index contributed by atoms with van der Waals surface area (Å²) >= 11 is 13.3. The van der Waals surface area contributed by atoms with Crippen molar-refractivity contribution in [3.63, 3.8) is 0 Å². The standard InChI is InChI=1S/C36H34Cl2N4O4/c1-19-13-25(14-20(2)32(19)38)46-12-6-9-26-27-10-11-28(37)31-30-21(3)40(4)39-29(30)16-24-18-41(35(43)34(26)42(24)33(27)31)17-22-7-5-8-23(15-22)36(44)45/h5,7-8,10-11,13-15,24H,6,9,12,16-18H2,1-4H3,(H,44,45)/t24-/m1/s1. The molecule has 0 fully saturated rings. The molecule has 3 aromatic carbocycles. The number of nitrogens with zero attached hydrogens (tertiary/aromatic N) is 4. The number of aromatic carboxylic acids is 1. The molecule has 1 atom stereocenters. The van der Waals surface area contributed by atoms with Crippen LogP contribution in [0.2, 0.25) is 10.0 Å². The Labute approximate surface area is 277 Å². The molecule has 0 saturated carbocycles. The van der Waals surface area contributed by atoms with Gasteiger partial charge in [-0.3, -0.25) is 9.48 Å². The molecule has 2 aliphatic rings. The Bertz CT molecular complexity index is 2060. The van der Waals surface area contributed by atoms with Gasteiger partial charge in [-0.2, -0.15) is 5.10 Å². The number of fused-ring (bicyclic) bond motifs is 2. The number of hydrogen-bond donors (Lipinski definition) is 1. The molecule has 4 heterocycles. The van der Waals surface area contributed by atoms with Gasteiger partial charge in [-0.15, -0.1) is 0 Å². The summed E-state index contributed by atoms with van der Waals surface area (Å²) in [6, 6.07) is 14.6. The fourth-order valence-electron chi connectivity index (χ4n) is 7.21. The van der Waals surface area contributed by atoms with E-state index in [0.717, 1.165) is 66.4 Å². The van der Waals surface area contributed by atoms with E-state index in [0.29, 0.717) is 49.7 Å². The van der Waals surface area contributed by atoms with Crippen molar-refractivity contribution in [1.29, 1.82) is 0 Å². The van der Waals surface area contributed by atoms with Gasteiger partial charge in [-0.05, 0) is 86.2 Å². The second-order valence-corrected chi connectivity index (χ2v) is 13.2. The minimum absolute atomic E-state index is 0.0735. The molecule has 0 aliphatic carbocycles. The van der Waals surface area contributed by atoms with E-state index in [1.54, 1.807) is 18.2 Å². The monoisotopic (exact) mass is 656 g/mol. The predicted octanol–water partition coefficient (Wildman–Crippen LogP) is 7.74. The van der Waals surface area contributed by atoms with Crippen molar-refractivity contribution in [1.82, 2.24) is 19.2 Å². The van der Waals surface area contributed by atoms with Crippen LogP contribution in [0.25, 0.3) is 22.0 Å². The molecule has 5 aromatic rings. The highest BCUT2D eigenvalue weighted by atomic mass is 35.5. The summed E-state index contributed by atoms with van der Waals surface area (Å²) in [6.07, 6.45) is 1.96. The van der Waals surface area contributed by atoms with E-state index in [-0.39, 0.29) is 17.5 Å². The largest absolute Gasteiger partial charge is 0.494 e. The highest BCUT2D eigenvalue weighted by molar-refractivity contribution is 6.35. The number of carbonyl (C=O) groups is 2. The van der Waals surface area contributed by atoms with Crippen LogP contribution >= 0.6 is 23.2 Å². The molecular weight excluding hydrogens is 623 g/mol. The Morgan fingerprint density at radius 2 is 1.83 bits per heavy atom. The van der Waals surface area contributed by atoms with Crippen molar-refractivity contribution >= 4 is 46.0 Å².